The Morgan fingerprint density at radius 1 is 1.07 bits per heavy atom. The van der Waals surface area contributed by atoms with Gasteiger partial charge in [0.2, 0.25) is 0 Å². The molecule has 0 spiro atoms. The summed E-state index contributed by atoms with van der Waals surface area (Å²) in [6.07, 6.45) is -3.61. The number of benzene rings is 2. The Morgan fingerprint density at radius 3 is 2.28 bits per heavy atom. The van der Waals surface area contributed by atoms with Gasteiger partial charge in [0.25, 0.3) is 5.56 Å². The monoisotopic (exact) mass is 463 g/mol. The molecule has 29 heavy (non-hydrogen) atoms. The van der Waals surface area contributed by atoms with Gasteiger partial charge in [-0.15, -0.1) is 0 Å². The van der Waals surface area contributed by atoms with Crippen LogP contribution in [0.25, 0.3) is 5.69 Å². The van der Waals surface area contributed by atoms with Gasteiger partial charge in [0, 0.05) is 17.4 Å². The number of hydrogen-bond acceptors (Lipinski definition) is 4. The van der Waals surface area contributed by atoms with Crippen molar-refractivity contribution in [3.8, 4) is 11.4 Å². The van der Waals surface area contributed by atoms with Crippen LogP contribution < -0.4 is 10.3 Å². The van der Waals surface area contributed by atoms with Gasteiger partial charge in [-0.2, -0.15) is 8.78 Å². The minimum Gasteiger partial charge on any atom is -0.465 e. The van der Waals surface area contributed by atoms with Gasteiger partial charge in [-0.25, -0.2) is 4.79 Å². The van der Waals surface area contributed by atoms with E-state index in [2.05, 4.69) is 20.7 Å². The zero-order valence-electron chi connectivity index (χ0n) is 15.5. The molecule has 0 radical (unpaired) electrons. The molecule has 8 heteroatoms. The quantitative estimate of drug-likeness (QED) is 0.508. The summed E-state index contributed by atoms with van der Waals surface area (Å²) in [5.41, 5.74) is 0.260. The van der Waals surface area contributed by atoms with Crippen molar-refractivity contribution >= 4 is 21.9 Å². The number of aromatic nitrogens is 1. The average molecular weight is 464 g/mol. The molecule has 150 valence electrons. The Balaban J connectivity index is 1.99. The van der Waals surface area contributed by atoms with E-state index in [1.807, 2.05) is 0 Å². The summed E-state index contributed by atoms with van der Waals surface area (Å²) in [5, 5.41) is 0. The third-order valence-electron chi connectivity index (χ3n) is 4.19. The first-order valence-corrected chi connectivity index (χ1v) is 9.27. The largest absolute Gasteiger partial charge is 0.465 e. The molecular weight excluding hydrogens is 448 g/mol. The van der Waals surface area contributed by atoms with Crippen LogP contribution in [0.3, 0.4) is 0 Å². The molecule has 0 saturated carbocycles. The van der Waals surface area contributed by atoms with E-state index < -0.39 is 17.6 Å². The molecule has 0 bridgehead atoms. The van der Waals surface area contributed by atoms with Crippen molar-refractivity contribution in [2.24, 2.45) is 0 Å². The van der Waals surface area contributed by atoms with Gasteiger partial charge in [0.1, 0.15) is 10.2 Å². The Hall–Kier alpha value is -3.00. The van der Waals surface area contributed by atoms with Crippen molar-refractivity contribution in [3.63, 3.8) is 0 Å². The number of hydrogen-bond donors (Lipinski definition) is 0. The number of alkyl halides is 2. The zero-order chi connectivity index (χ0) is 21.2. The Morgan fingerprint density at radius 2 is 1.69 bits per heavy atom. The van der Waals surface area contributed by atoms with Crippen LogP contribution in [0, 0.1) is 6.92 Å². The first-order chi connectivity index (χ1) is 13.7. The molecule has 0 unspecified atom stereocenters. The van der Waals surface area contributed by atoms with Crippen molar-refractivity contribution in [1.29, 1.82) is 0 Å². The summed E-state index contributed by atoms with van der Waals surface area (Å²) >= 11 is 3.07. The number of halogens is 3. The first-order valence-electron chi connectivity index (χ1n) is 8.48. The fourth-order valence-corrected chi connectivity index (χ4v) is 3.14. The van der Waals surface area contributed by atoms with Gasteiger partial charge in [-0.3, -0.25) is 9.36 Å². The molecule has 0 amide bonds. The summed E-state index contributed by atoms with van der Waals surface area (Å²) in [6, 6.07) is 14.5. The highest BCUT2D eigenvalue weighted by atomic mass is 79.9. The molecule has 0 fully saturated rings. The Bertz CT molecular complexity index is 1100. The number of aryl methyl sites for hydroxylation is 1. The maximum atomic E-state index is 14.5. The van der Waals surface area contributed by atoms with Gasteiger partial charge in [-0.05, 0) is 59.3 Å². The van der Waals surface area contributed by atoms with Crippen LogP contribution in [0.5, 0.6) is 5.75 Å². The number of carbonyl (C=O) groups is 1. The van der Waals surface area contributed by atoms with Crippen LogP contribution in [0.4, 0.5) is 8.78 Å². The van der Waals surface area contributed by atoms with Crippen molar-refractivity contribution < 1.29 is 23.0 Å². The van der Waals surface area contributed by atoms with E-state index in [-0.39, 0.29) is 15.8 Å². The number of esters is 1. The lowest BCUT2D eigenvalue weighted by atomic mass is 10.2. The zero-order valence-corrected chi connectivity index (χ0v) is 17.1. The molecule has 0 atom stereocenters. The fourth-order valence-electron chi connectivity index (χ4n) is 2.77. The van der Waals surface area contributed by atoms with Crippen LogP contribution in [0.1, 0.15) is 21.6 Å². The predicted octanol–water partition coefficient (Wildman–Crippen LogP) is 4.82. The normalized spacial score (nSPS) is 11.2. The highest BCUT2D eigenvalue weighted by Gasteiger charge is 2.35. The van der Waals surface area contributed by atoms with Gasteiger partial charge in [-0.1, -0.05) is 18.2 Å². The number of ether oxygens (including phenoxy) is 2. The van der Waals surface area contributed by atoms with Crippen LogP contribution in [-0.2, 0) is 10.8 Å². The molecule has 3 rings (SSSR count). The van der Waals surface area contributed by atoms with Crippen LogP contribution >= 0.6 is 15.9 Å². The summed E-state index contributed by atoms with van der Waals surface area (Å²) in [7, 11) is 1.27. The lowest BCUT2D eigenvalue weighted by Gasteiger charge is -2.20. The summed E-state index contributed by atoms with van der Waals surface area (Å²) in [5.74, 6) is -0.780. The molecule has 0 aliphatic carbocycles. The standard InChI is InChI=1S/C21H16BrF2NO4/c1-13-12-17(29-21(23,24)15-6-4-3-5-7-15)18(22)19(26)25(13)16-10-8-14(9-11-16)20(27)28-2/h3-12H,1-2H3. The van der Waals surface area contributed by atoms with Gasteiger partial charge >= 0.3 is 12.1 Å². The smallest absolute Gasteiger partial charge is 0.426 e. The molecule has 5 nitrogen and oxygen atoms in total. The van der Waals surface area contributed by atoms with E-state index in [4.69, 9.17) is 4.74 Å². The highest BCUT2D eigenvalue weighted by molar-refractivity contribution is 9.10. The van der Waals surface area contributed by atoms with E-state index in [0.29, 0.717) is 16.9 Å². The number of rotatable bonds is 5. The fraction of sp³-hybridized carbons (Fsp3) is 0.143. The first kappa shape index (κ1) is 20.7. The third kappa shape index (κ3) is 4.22. The Kier molecular flexibility index (Phi) is 5.83. The summed E-state index contributed by atoms with van der Waals surface area (Å²) in [6.45, 7) is 1.59. The number of pyridine rings is 1. The van der Waals surface area contributed by atoms with Gasteiger partial charge < -0.3 is 9.47 Å². The minimum atomic E-state index is -3.61. The molecule has 0 saturated heterocycles. The minimum absolute atomic E-state index is 0.143. The van der Waals surface area contributed by atoms with E-state index in [1.54, 1.807) is 25.1 Å². The second kappa shape index (κ2) is 8.16. The topological polar surface area (TPSA) is 57.5 Å². The van der Waals surface area contributed by atoms with Gasteiger partial charge in [0.15, 0.2) is 0 Å². The molecule has 0 aliphatic rings. The van der Waals surface area contributed by atoms with Crippen LogP contribution in [-0.4, -0.2) is 17.6 Å². The van der Waals surface area contributed by atoms with Crippen molar-refractivity contribution in [2.75, 3.05) is 7.11 Å². The Labute approximate surface area is 173 Å². The predicted molar refractivity (Wildman–Crippen MR) is 107 cm³/mol. The number of carbonyl (C=O) groups excluding carboxylic acids is 1. The van der Waals surface area contributed by atoms with Crippen molar-refractivity contribution in [1.82, 2.24) is 4.57 Å². The molecule has 0 aliphatic heterocycles. The molecule has 1 aromatic heterocycles. The highest BCUT2D eigenvalue weighted by Crippen LogP contribution is 2.34. The molecule has 3 aromatic rings. The third-order valence-corrected chi connectivity index (χ3v) is 4.92. The lowest BCUT2D eigenvalue weighted by Crippen LogP contribution is -2.26. The molecular formula is C21H16BrF2NO4. The molecule has 2 aromatic carbocycles. The van der Waals surface area contributed by atoms with E-state index in [9.17, 15) is 18.4 Å². The number of methoxy groups -OCH3 is 1. The average Bonchev–Trinajstić information content (AvgIpc) is 2.72. The second-order valence-electron chi connectivity index (χ2n) is 6.13. The van der Waals surface area contributed by atoms with Crippen molar-refractivity contribution in [3.05, 3.63) is 92.3 Å². The molecule has 1 heterocycles. The van der Waals surface area contributed by atoms with E-state index >= 15 is 0 Å². The van der Waals surface area contributed by atoms with E-state index in [1.165, 1.54) is 54.1 Å². The van der Waals surface area contributed by atoms with E-state index in [0.717, 1.165) is 0 Å². The van der Waals surface area contributed by atoms with Crippen LogP contribution in [0.2, 0.25) is 0 Å². The van der Waals surface area contributed by atoms with Crippen LogP contribution in [0.15, 0.2) is 69.9 Å². The number of nitrogens with zero attached hydrogens (tertiary/aromatic N) is 1. The summed E-state index contributed by atoms with van der Waals surface area (Å²) < 4.78 is 39.6. The SMILES string of the molecule is COC(=O)c1ccc(-n2c(C)cc(OC(F)(F)c3ccccc3)c(Br)c2=O)cc1. The van der Waals surface area contributed by atoms with Gasteiger partial charge in [0.05, 0.1) is 18.2 Å². The second-order valence-corrected chi connectivity index (χ2v) is 6.92. The maximum Gasteiger partial charge on any atom is 0.426 e. The molecule has 0 N–H and O–H groups in total. The van der Waals surface area contributed by atoms with Crippen molar-refractivity contribution in [2.45, 2.75) is 13.0 Å². The maximum absolute atomic E-state index is 14.5. The lowest BCUT2D eigenvalue weighted by molar-refractivity contribution is -0.185. The summed E-state index contributed by atoms with van der Waals surface area (Å²) in [4.78, 5) is 24.4.